The van der Waals surface area contributed by atoms with Gasteiger partial charge in [0, 0.05) is 32.7 Å². The van der Waals surface area contributed by atoms with Crippen LogP contribution in [-0.4, -0.2) is 57.7 Å². The molecule has 7 heteroatoms. The maximum Gasteiger partial charge on any atom is 0.211 e. The van der Waals surface area contributed by atoms with Gasteiger partial charge in [0.25, 0.3) is 0 Å². The molecule has 2 N–H and O–H groups in total. The summed E-state index contributed by atoms with van der Waals surface area (Å²) in [5.41, 5.74) is 0. The van der Waals surface area contributed by atoms with Crippen LogP contribution in [0.5, 0.6) is 0 Å². The second-order valence-corrected chi connectivity index (χ2v) is 8.19. The maximum atomic E-state index is 11.5. The highest BCUT2D eigenvalue weighted by Gasteiger charge is 2.19. The van der Waals surface area contributed by atoms with Crippen molar-refractivity contribution in [3.8, 4) is 0 Å². The molecule has 1 rings (SSSR count). The summed E-state index contributed by atoms with van der Waals surface area (Å²) in [6.07, 6.45) is 6.96. The van der Waals surface area contributed by atoms with Crippen LogP contribution >= 0.6 is 0 Å². The van der Waals surface area contributed by atoms with Crippen LogP contribution in [0.3, 0.4) is 0 Å². The third-order valence-electron chi connectivity index (χ3n) is 4.28. The van der Waals surface area contributed by atoms with E-state index in [0.29, 0.717) is 19.1 Å². The van der Waals surface area contributed by atoms with E-state index in [2.05, 4.69) is 22.5 Å². The number of nitrogens with zero attached hydrogens (tertiary/aromatic N) is 2. The van der Waals surface area contributed by atoms with Gasteiger partial charge < -0.3 is 10.6 Å². The topological polar surface area (TPSA) is 73.8 Å². The molecule has 0 radical (unpaired) electrons. The van der Waals surface area contributed by atoms with E-state index in [1.165, 1.54) is 36.2 Å². The molecule has 0 spiro atoms. The molecule has 1 fully saturated rings. The van der Waals surface area contributed by atoms with E-state index in [1.54, 1.807) is 7.05 Å². The minimum absolute atomic E-state index is 0.505. The predicted octanol–water partition coefficient (Wildman–Crippen LogP) is 1.40. The van der Waals surface area contributed by atoms with Crippen LogP contribution in [0.25, 0.3) is 0 Å². The quantitative estimate of drug-likeness (QED) is 0.420. The molecule has 0 heterocycles. The van der Waals surface area contributed by atoms with E-state index in [0.717, 1.165) is 24.8 Å². The van der Waals surface area contributed by atoms with Crippen LogP contribution in [-0.2, 0) is 10.0 Å². The SMILES string of the molecule is CCN(CCCNC(=NC)NC1CCC(C)CC1)S(C)(=O)=O. The first-order chi connectivity index (χ1) is 10.4. The lowest BCUT2D eigenvalue weighted by Gasteiger charge is -2.28. The summed E-state index contributed by atoms with van der Waals surface area (Å²) in [6, 6.07) is 0.505. The lowest BCUT2D eigenvalue weighted by molar-refractivity contribution is 0.329. The largest absolute Gasteiger partial charge is 0.356 e. The van der Waals surface area contributed by atoms with Gasteiger partial charge in [0.1, 0.15) is 0 Å². The minimum Gasteiger partial charge on any atom is -0.356 e. The third kappa shape index (κ3) is 6.96. The molecule has 1 aliphatic rings. The smallest absolute Gasteiger partial charge is 0.211 e. The molecule has 1 aliphatic carbocycles. The summed E-state index contributed by atoms with van der Waals surface area (Å²) in [6.45, 7) is 5.95. The average molecular weight is 333 g/mol. The van der Waals surface area contributed by atoms with Crippen molar-refractivity contribution in [1.29, 1.82) is 0 Å². The zero-order chi connectivity index (χ0) is 16.6. The Balaban J connectivity index is 2.27. The number of hydrogen-bond donors (Lipinski definition) is 2. The minimum atomic E-state index is -3.09. The zero-order valence-electron chi connectivity index (χ0n) is 14.4. The summed E-state index contributed by atoms with van der Waals surface area (Å²) in [4.78, 5) is 4.25. The van der Waals surface area contributed by atoms with Gasteiger partial charge in [-0.15, -0.1) is 0 Å². The molecule has 0 aliphatic heterocycles. The normalized spacial score (nSPS) is 23.6. The molecule has 0 saturated heterocycles. The Bertz CT molecular complexity index is 442. The Labute approximate surface area is 135 Å². The molecule has 0 aromatic heterocycles. The van der Waals surface area contributed by atoms with Gasteiger partial charge in [-0.3, -0.25) is 4.99 Å². The molecule has 0 aromatic rings. The van der Waals surface area contributed by atoms with Crippen molar-refractivity contribution in [3.63, 3.8) is 0 Å². The highest BCUT2D eigenvalue weighted by molar-refractivity contribution is 7.88. The van der Waals surface area contributed by atoms with Gasteiger partial charge >= 0.3 is 0 Å². The van der Waals surface area contributed by atoms with Gasteiger partial charge in [-0.1, -0.05) is 13.8 Å². The molecular formula is C15H32N4O2S. The lowest BCUT2D eigenvalue weighted by Crippen LogP contribution is -2.45. The highest BCUT2D eigenvalue weighted by atomic mass is 32.2. The van der Waals surface area contributed by atoms with E-state index < -0.39 is 10.0 Å². The summed E-state index contributed by atoms with van der Waals surface area (Å²) in [5.74, 6) is 1.66. The Morgan fingerprint density at radius 3 is 2.41 bits per heavy atom. The summed E-state index contributed by atoms with van der Waals surface area (Å²) < 4.78 is 24.5. The molecule has 22 heavy (non-hydrogen) atoms. The molecule has 0 unspecified atom stereocenters. The predicted molar refractivity (Wildman–Crippen MR) is 92.6 cm³/mol. The first-order valence-corrected chi connectivity index (χ1v) is 10.1. The molecule has 1 saturated carbocycles. The summed E-state index contributed by atoms with van der Waals surface area (Å²) in [5, 5.41) is 6.74. The van der Waals surface area contributed by atoms with Crippen molar-refractivity contribution in [3.05, 3.63) is 0 Å². The van der Waals surface area contributed by atoms with E-state index >= 15 is 0 Å². The number of sulfonamides is 1. The van der Waals surface area contributed by atoms with Crippen LogP contribution in [0.2, 0.25) is 0 Å². The fraction of sp³-hybridized carbons (Fsp3) is 0.933. The Hall–Kier alpha value is -0.820. The molecule has 0 atom stereocenters. The number of aliphatic imine (C=N–C) groups is 1. The van der Waals surface area contributed by atoms with Gasteiger partial charge in [0.15, 0.2) is 5.96 Å². The van der Waals surface area contributed by atoms with Crippen molar-refractivity contribution in [2.75, 3.05) is 32.9 Å². The van der Waals surface area contributed by atoms with E-state index in [1.807, 2.05) is 6.92 Å². The number of hydrogen-bond acceptors (Lipinski definition) is 3. The number of nitrogens with one attached hydrogen (secondary N) is 2. The molecule has 0 amide bonds. The first kappa shape index (κ1) is 19.2. The van der Waals surface area contributed by atoms with Crippen molar-refractivity contribution < 1.29 is 8.42 Å². The van der Waals surface area contributed by atoms with Crippen molar-refractivity contribution in [2.24, 2.45) is 10.9 Å². The maximum absolute atomic E-state index is 11.5. The average Bonchev–Trinajstić information content (AvgIpc) is 2.46. The molecule has 0 aromatic carbocycles. The summed E-state index contributed by atoms with van der Waals surface area (Å²) in [7, 11) is -1.32. The van der Waals surface area contributed by atoms with Crippen molar-refractivity contribution in [2.45, 2.75) is 52.0 Å². The van der Waals surface area contributed by atoms with E-state index in [4.69, 9.17) is 0 Å². The van der Waals surface area contributed by atoms with E-state index in [-0.39, 0.29) is 0 Å². The molecular weight excluding hydrogens is 300 g/mol. The highest BCUT2D eigenvalue weighted by Crippen LogP contribution is 2.23. The monoisotopic (exact) mass is 332 g/mol. The van der Waals surface area contributed by atoms with Crippen LogP contribution in [0.4, 0.5) is 0 Å². The van der Waals surface area contributed by atoms with Crippen LogP contribution in [0.15, 0.2) is 4.99 Å². The van der Waals surface area contributed by atoms with Crippen molar-refractivity contribution >= 4 is 16.0 Å². The first-order valence-electron chi connectivity index (χ1n) is 8.29. The second kappa shape index (κ2) is 9.35. The second-order valence-electron chi connectivity index (χ2n) is 6.21. The van der Waals surface area contributed by atoms with Gasteiger partial charge in [0.2, 0.25) is 10.0 Å². The van der Waals surface area contributed by atoms with Crippen molar-refractivity contribution in [1.82, 2.24) is 14.9 Å². The zero-order valence-corrected chi connectivity index (χ0v) is 15.2. The van der Waals surface area contributed by atoms with Gasteiger partial charge in [-0.05, 0) is 38.0 Å². The number of guanidine groups is 1. The molecule has 6 nitrogen and oxygen atoms in total. The third-order valence-corrected chi connectivity index (χ3v) is 5.66. The fourth-order valence-electron chi connectivity index (χ4n) is 2.81. The molecule has 130 valence electrons. The van der Waals surface area contributed by atoms with Crippen LogP contribution in [0, 0.1) is 5.92 Å². The van der Waals surface area contributed by atoms with Gasteiger partial charge in [-0.25, -0.2) is 12.7 Å². The van der Waals surface area contributed by atoms with Gasteiger partial charge in [-0.2, -0.15) is 0 Å². The lowest BCUT2D eigenvalue weighted by atomic mass is 9.87. The molecule has 0 bridgehead atoms. The fourth-order valence-corrected chi connectivity index (χ4v) is 3.74. The summed E-state index contributed by atoms with van der Waals surface area (Å²) >= 11 is 0. The van der Waals surface area contributed by atoms with E-state index in [9.17, 15) is 8.42 Å². The Kier molecular flexibility index (Phi) is 8.17. The number of rotatable bonds is 7. The van der Waals surface area contributed by atoms with Crippen LogP contribution < -0.4 is 10.6 Å². The Morgan fingerprint density at radius 1 is 1.27 bits per heavy atom. The van der Waals surface area contributed by atoms with Crippen LogP contribution in [0.1, 0.15) is 46.0 Å². The van der Waals surface area contributed by atoms with Gasteiger partial charge in [0.05, 0.1) is 6.26 Å². The Morgan fingerprint density at radius 2 is 1.91 bits per heavy atom. The standard InChI is InChI=1S/C15H32N4O2S/c1-5-19(22(4,20)21)12-6-11-17-15(16-3)18-14-9-7-13(2)8-10-14/h13-14H,5-12H2,1-4H3,(H2,16,17,18).